The SMILES string of the molecule is CCCN1CCC(NC(=NC)NCC#Cc2cccc(C(F)(F)F)c2)CC1. The molecule has 0 unspecified atom stereocenters. The smallest absolute Gasteiger partial charge is 0.354 e. The van der Waals surface area contributed by atoms with Crippen LogP contribution in [0.15, 0.2) is 29.3 Å². The number of guanidine groups is 1. The van der Waals surface area contributed by atoms with Gasteiger partial charge < -0.3 is 15.5 Å². The van der Waals surface area contributed by atoms with Crippen LogP contribution in [0.1, 0.15) is 37.3 Å². The van der Waals surface area contributed by atoms with Crippen LogP contribution in [0.3, 0.4) is 0 Å². The number of nitrogens with one attached hydrogen (secondary N) is 2. The molecule has 0 saturated carbocycles. The highest BCUT2D eigenvalue weighted by molar-refractivity contribution is 5.80. The number of rotatable bonds is 4. The van der Waals surface area contributed by atoms with Crippen LogP contribution in [0.25, 0.3) is 0 Å². The molecule has 1 aliphatic rings. The number of alkyl halides is 3. The summed E-state index contributed by atoms with van der Waals surface area (Å²) in [6, 6.07) is 5.41. The molecule has 0 aliphatic carbocycles. The van der Waals surface area contributed by atoms with Crippen LogP contribution in [0.2, 0.25) is 0 Å². The van der Waals surface area contributed by atoms with E-state index in [0.29, 0.717) is 24.1 Å². The molecule has 0 spiro atoms. The predicted octanol–water partition coefficient (Wildman–Crippen LogP) is 3.10. The van der Waals surface area contributed by atoms with Gasteiger partial charge in [0.2, 0.25) is 0 Å². The van der Waals surface area contributed by atoms with Crippen molar-refractivity contribution >= 4 is 5.96 Å². The molecule has 1 aromatic rings. The molecule has 7 heteroatoms. The van der Waals surface area contributed by atoms with Crippen LogP contribution in [0.5, 0.6) is 0 Å². The van der Waals surface area contributed by atoms with E-state index in [-0.39, 0.29) is 0 Å². The maximum absolute atomic E-state index is 12.7. The van der Waals surface area contributed by atoms with Crippen LogP contribution in [0.4, 0.5) is 13.2 Å². The molecule has 1 aromatic carbocycles. The van der Waals surface area contributed by atoms with Gasteiger partial charge in [-0.2, -0.15) is 13.2 Å². The van der Waals surface area contributed by atoms with E-state index in [1.165, 1.54) is 12.5 Å². The average Bonchev–Trinajstić information content (AvgIpc) is 2.65. The van der Waals surface area contributed by atoms with E-state index in [1.807, 2.05) is 0 Å². The third-order valence-electron chi connectivity index (χ3n) is 4.46. The zero-order chi connectivity index (χ0) is 19.7. The van der Waals surface area contributed by atoms with E-state index in [4.69, 9.17) is 0 Å². The Labute approximate surface area is 159 Å². The quantitative estimate of drug-likeness (QED) is 0.479. The molecule has 0 radical (unpaired) electrons. The minimum absolute atomic E-state index is 0.310. The van der Waals surface area contributed by atoms with E-state index in [9.17, 15) is 13.2 Å². The predicted molar refractivity (Wildman–Crippen MR) is 103 cm³/mol. The molecule has 1 heterocycles. The maximum Gasteiger partial charge on any atom is 0.416 e. The van der Waals surface area contributed by atoms with Crippen molar-refractivity contribution in [2.45, 2.75) is 38.4 Å². The van der Waals surface area contributed by atoms with Gasteiger partial charge in [0, 0.05) is 31.7 Å². The highest BCUT2D eigenvalue weighted by atomic mass is 19.4. The van der Waals surface area contributed by atoms with Crippen molar-refractivity contribution in [3.05, 3.63) is 35.4 Å². The molecule has 4 nitrogen and oxygen atoms in total. The Morgan fingerprint density at radius 3 is 2.67 bits per heavy atom. The fraction of sp³-hybridized carbons (Fsp3) is 0.550. The molecule has 0 amide bonds. The first-order chi connectivity index (χ1) is 12.9. The van der Waals surface area contributed by atoms with Crippen molar-refractivity contribution < 1.29 is 13.2 Å². The summed E-state index contributed by atoms with van der Waals surface area (Å²) in [5, 5.41) is 6.49. The molecule has 2 rings (SSSR count). The molecular weight excluding hydrogens is 353 g/mol. The van der Waals surface area contributed by atoms with Crippen LogP contribution in [-0.2, 0) is 6.18 Å². The molecule has 1 saturated heterocycles. The molecule has 27 heavy (non-hydrogen) atoms. The van der Waals surface area contributed by atoms with Crippen molar-refractivity contribution in [1.29, 1.82) is 0 Å². The largest absolute Gasteiger partial charge is 0.416 e. The lowest BCUT2D eigenvalue weighted by Crippen LogP contribution is -2.48. The number of halogens is 3. The second kappa shape index (κ2) is 10.2. The average molecular weight is 380 g/mol. The zero-order valence-corrected chi connectivity index (χ0v) is 15.9. The number of piperidine rings is 1. The van der Waals surface area contributed by atoms with E-state index < -0.39 is 11.7 Å². The highest BCUT2D eigenvalue weighted by Gasteiger charge is 2.30. The Kier molecular flexibility index (Phi) is 7.99. The summed E-state index contributed by atoms with van der Waals surface area (Å²) in [5.41, 5.74) is -0.341. The molecule has 0 bridgehead atoms. The van der Waals surface area contributed by atoms with Gasteiger partial charge in [0.15, 0.2) is 5.96 Å². The third-order valence-corrected chi connectivity index (χ3v) is 4.46. The number of nitrogens with zero attached hydrogens (tertiary/aromatic N) is 2. The van der Waals surface area contributed by atoms with E-state index in [2.05, 4.69) is 39.3 Å². The number of hydrogen-bond donors (Lipinski definition) is 2. The molecule has 0 atom stereocenters. The van der Waals surface area contributed by atoms with Gasteiger partial charge in [-0.05, 0) is 44.0 Å². The summed E-state index contributed by atoms with van der Waals surface area (Å²) in [6.07, 6.45) is -1.05. The Bertz CT molecular complexity index is 680. The Hall–Kier alpha value is -2.20. The summed E-state index contributed by atoms with van der Waals surface area (Å²) in [6.45, 7) is 5.81. The van der Waals surface area contributed by atoms with Gasteiger partial charge in [-0.15, -0.1) is 0 Å². The normalized spacial score (nSPS) is 16.6. The molecule has 0 aromatic heterocycles. The standard InChI is InChI=1S/C20H27F3N4/c1-3-12-27-13-9-18(10-14-27)26-19(24-2)25-11-5-7-16-6-4-8-17(15-16)20(21,22)23/h4,6,8,15,18H,3,9-14H2,1-2H3,(H2,24,25,26). The van der Waals surface area contributed by atoms with Crippen molar-refractivity contribution in [3.8, 4) is 11.8 Å². The van der Waals surface area contributed by atoms with Gasteiger partial charge in [0.25, 0.3) is 0 Å². The minimum atomic E-state index is -4.35. The number of hydrogen-bond acceptors (Lipinski definition) is 2. The van der Waals surface area contributed by atoms with Gasteiger partial charge in [0.05, 0.1) is 12.1 Å². The molecule has 1 aliphatic heterocycles. The fourth-order valence-electron chi connectivity index (χ4n) is 3.05. The van der Waals surface area contributed by atoms with E-state index in [0.717, 1.165) is 44.6 Å². The molecule has 148 valence electrons. The monoisotopic (exact) mass is 380 g/mol. The number of likely N-dealkylation sites (tertiary alicyclic amines) is 1. The number of aliphatic imine (C=N–C) groups is 1. The van der Waals surface area contributed by atoms with Crippen molar-refractivity contribution in [3.63, 3.8) is 0 Å². The Morgan fingerprint density at radius 1 is 1.30 bits per heavy atom. The summed E-state index contributed by atoms with van der Waals surface area (Å²) in [5.74, 6) is 6.28. The van der Waals surface area contributed by atoms with Gasteiger partial charge in [-0.1, -0.05) is 24.8 Å². The second-order valence-electron chi connectivity index (χ2n) is 6.57. The van der Waals surface area contributed by atoms with Crippen molar-refractivity contribution in [1.82, 2.24) is 15.5 Å². The Balaban J connectivity index is 1.80. The summed E-state index contributed by atoms with van der Waals surface area (Å²) < 4.78 is 38.1. The molecular formula is C20H27F3N4. The third kappa shape index (κ3) is 7.14. The van der Waals surface area contributed by atoms with Gasteiger partial charge in [0.1, 0.15) is 0 Å². The summed E-state index contributed by atoms with van der Waals surface area (Å²) in [4.78, 5) is 6.66. The lowest BCUT2D eigenvalue weighted by Gasteiger charge is -2.32. The molecule has 2 N–H and O–H groups in total. The molecule has 1 fully saturated rings. The first kappa shape index (κ1) is 21.1. The zero-order valence-electron chi connectivity index (χ0n) is 15.9. The van der Waals surface area contributed by atoms with Crippen molar-refractivity contribution in [2.75, 3.05) is 33.2 Å². The van der Waals surface area contributed by atoms with Crippen molar-refractivity contribution in [2.24, 2.45) is 4.99 Å². The second-order valence-corrected chi connectivity index (χ2v) is 6.57. The van der Waals surface area contributed by atoms with Gasteiger partial charge >= 0.3 is 6.18 Å². The first-order valence-electron chi connectivity index (χ1n) is 9.28. The fourth-order valence-corrected chi connectivity index (χ4v) is 3.05. The lowest BCUT2D eigenvalue weighted by atomic mass is 10.1. The van der Waals surface area contributed by atoms with E-state index >= 15 is 0 Å². The van der Waals surface area contributed by atoms with Crippen LogP contribution in [0, 0.1) is 11.8 Å². The summed E-state index contributed by atoms with van der Waals surface area (Å²) >= 11 is 0. The topological polar surface area (TPSA) is 39.7 Å². The van der Waals surface area contributed by atoms with Crippen LogP contribution in [-0.4, -0.2) is 50.1 Å². The van der Waals surface area contributed by atoms with Crippen LogP contribution < -0.4 is 10.6 Å². The van der Waals surface area contributed by atoms with Crippen LogP contribution >= 0.6 is 0 Å². The first-order valence-corrected chi connectivity index (χ1v) is 9.28. The minimum Gasteiger partial charge on any atom is -0.354 e. The maximum atomic E-state index is 12.7. The van der Waals surface area contributed by atoms with Gasteiger partial charge in [-0.3, -0.25) is 4.99 Å². The summed E-state index contributed by atoms with van der Waals surface area (Å²) in [7, 11) is 1.70. The Morgan fingerprint density at radius 2 is 2.04 bits per heavy atom. The lowest BCUT2D eigenvalue weighted by molar-refractivity contribution is -0.137. The highest BCUT2D eigenvalue weighted by Crippen LogP contribution is 2.29. The van der Waals surface area contributed by atoms with E-state index in [1.54, 1.807) is 13.1 Å². The van der Waals surface area contributed by atoms with Gasteiger partial charge in [-0.25, -0.2) is 0 Å². The number of benzene rings is 1.